The first-order valence-electron chi connectivity index (χ1n) is 7.32. The van der Waals surface area contributed by atoms with Crippen molar-refractivity contribution < 1.29 is 19.5 Å². The summed E-state index contributed by atoms with van der Waals surface area (Å²) in [4.78, 5) is 33.7. The highest BCUT2D eigenvalue weighted by molar-refractivity contribution is 5.99. The van der Waals surface area contributed by atoms with Crippen LogP contribution in [-0.2, 0) is 4.79 Å². The molecule has 0 saturated carbocycles. The lowest BCUT2D eigenvalue weighted by Gasteiger charge is -2.09. The van der Waals surface area contributed by atoms with Crippen LogP contribution in [0.3, 0.4) is 0 Å². The molecule has 0 aromatic heterocycles. The second-order valence-corrected chi connectivity index (χ2v) is 5.22. The van der Waals surface area contributed by atoms with Crippen molar-refractivity contribution in [3.63, 3.8) is 0 Å². The molecule has 2 amide bonds. The quantitative estimate of drug-likeness (QED) is 0.598. The van der Waals surface area contributed by atoms with Gasteiger partial charge >= 0.3 is 6.09 Å². The number of anilines is 1. The first kappa shape index (κ1) is 16.5. The third-order valence-corrected chi connectivity index (χ3v) is 3.60. The van der Waals surface area contributed by atoms with Crippen LogP contribution in [-0.4, -0.2) is 36.0 Å². The monoisotopic (exact) mass is 317 g/mol. The summed E-state index contributed by atoms with van der Waals surface area (Å²) in [6.45, 7) is 2.19. The molecule has 0 spiro atoms. The van der Waals surface area contributed by atoms with Crippen molar-refractivity contribution in [3.8, 4) is 0 Å². The SMILES string of the molecule is CC1=C(Nc2ccc(C(=O)NCCNC(=O)O)cc2)CCC1=O. The van der Waals surface area contributed by atoms with Crippen LogP contribution in [0.2, 0.25) is 0 Å². The van der Waals surface area contributed by atoms with Crippen molar-refractivity contribution in [2.75, 3.05) is 18.4 Å². The summed E-state index contributed by atoms with van der Waals surface area (Å²) in [5.41, 5.74) is 2.99. The zero-order valence-electron chi connectivity index (χ0n) is 12.8. The molecule has 0 atom stereocenters. The van der Waals surface area contributed by atoms with E-state index in [1.807, 2.05) is 6.92 Å². The highest BCUT2D eigenvalue weighted by Gasteiger charge is 2.19. The number of amides is 2. The molecule has 0 fully saturated rings. The molecular formula is C16H19N3O4. The Balaban J connectivity index is 1.88. The Bertz CT molecular complexity index is 650. The number of allylic oxidation sites excluding steroid dienone is 2. The van der Waals surface area contributed by atoms with Gasteiger partial charge in [0.05, 0.1) is 0 Å². The fourth-order valence-electron chi connectivity index (χ4n) is 2.26. The molecule has 0 saturated heterocycles. The van der Waals surface area contributed by atoms with Gasteiger partial charge in [0.25, 0.3) is 5.91 Å². The number of carboxylic acid groups (broad SMARTS) is 1. The summed E-state index contributed by atoms with van der Waals surface area (Å²) in [5, 5.41) is 16.4. The molecule has 1 aromatic rings. The van der Waals surface area contributed by atoms with Gasteiger partial charge in [0.1, 0.15) is 0 Å². The molecule has 122 valence electrons. The lowest BCUT2D eigenvalue weighted by Crippen LogP contribution is -2.33. The molecule has 1 aliphatic rings. The number of Topliss-reactive ketones (excluding diaryl/α,β-unsaturated/α-hetero) is 1. The average Bonchev–Trinajstić information content (AvgIpc) is 2.84. The van der Waals surface area contributed by atoms with Crippen molar-refractivity contribution in [1.82, 2.24) is 10.6 Å². The molecule has 0 unspecified atom stereocenters. The number of rotatable bonds is 6. The van der Waals surface area contributed by atoms with Crippen LogP contribution in [0.1, 0.15) is 30.1 Å². The molecule has 7 nitrogen and oxygen atoms in total. The van der Waals surface area contributed by atoms with Crippen LogP contribution >= 0.6 is 0 Å². The minimum atomic E-state index is -1.12. The van der Waals surface area contributed by atoms with Gasteiger partial charge in [-0.25, -0.2) is 4.79 Å². The number of nitrogens with one attached hydrogen (secondary N) is 3. The fourth-order valence-corrected chi connectivity index (χ4v) is 2.26. The summed E-state index contributed by atoms with van der Waals surface area (Å²) >= 11 is 0. The van der Waals surface area contributed by atoms with Crippen molar-refractivity contribution in [2.24, 2.45) is 0 Å². The summed E-state index contributed by atoms with van der Waals surface area (Å²) in [5.74, 6) is -0.103. The maximum Gasteiger partial charge on any atom is 0.404 e. The largest absolute Gasteiger partial charge is 0.465 e. The predicted molar refractivity (Wildman–Crippen MR) is 85.4 cm³/mol. The molecule has 0 bridgehead atoms. The van der Waals surface area contributed by atoms with Gasteiger partial charge in [0, 0.05) is 42.0 Å². The smallest absolute Gasteiger partial charge is 0.404 e. The average molecular weight is 317 g/mol. The van der Waals surface area contributed by atoms with E-state index in [0.717, 1.165) is 17.0 Å². The molecule has 0 heterocycles. The van der Waals surface area contributed by atoms with Crippen molar-refractivity contribution in [3.05, 3.63) is 41.1 Å². The van der Waals surface area contributed by atoms with E-state index in [9.17, 15) is 14.4 Å². The minimum absolute atomic E-state index is 0.155. The van der Waals surface area contributed by atoms with Crippen LogP contribution in [0.25, 0.3) is 0 Å². The van der Waals surface area contributed by atoms with E-state index in [-0.39, 0.29) is 24.8 Å². The van der Waals surface area contributed by atoms with E-state index >= 15 is 0 Å². The van der Waals surface area contributed by atoms with Crippen LogP contribution in [0.15, 0.2) is 35.5 Å². The molecule has 7 heteroatoms. The molecule has 1 aromatic carbocycles. The topological polar surface area (TPSA) is 108 Å². The molecular weight excluding hydrogens is 298 g/mol. The number of hydrogen-bond donors (Lipinski definition) is 4. The maximum atomic E-state index is 11.9. The first-order chi connectivity index (χ1) is 11.0. The van der Waals surface area contributed by atoms with Gasteiger partial charge in [0.15, 0.2) is 5.78 Å². The van der Waals surface area contributed by atoms with Gasteiger partial charge in [-0.15, -0.1) is 0 Å². The second-order valence-electron chi connectivity index (χ2n) is 5.22. The predicted octanol–water partition coefficient (Wildman–Crippen LogP) is 1.73. The third-order valence-electron chi connectivity index (χ3n) is 3.60. The van der Waals surface area contributed by atoms with E-state index in [2.05, 4.69) is 16.0 Å². The molecule has 1 aliphatic carbocycles. The summed E-state index contributed by atoms with van der Waals surface area (Å²) in [6, 6.07) is 6.89. The van der Waals surface area contributed by atoms with Gasteiger partial charge in [-0.2, -0.15) is 0 Å². The Hall–Kier alpha value is -2.83. The summed E-state index contributed by atoms with van der Waals surface area (Å²) < 4.78 is 0. The van der Waals surface area contributed by atoms with E-state index in [4.69, 9.17) is 5.11 Å². The lowest BCUT2D eigenvalue weighted by atomic mass is 10.2. The van der Waals surface area contributed by atoms with Gasteiger partial charge in [0.2, 0.25) is 0 Å². The van der Waals surface area contributed by atoms with Crippen LogP contribution in [0, 0.1) is 0 Å². The summed E-state index contributed by atoms with van der Waals surface area (Å²) in [6.07, 6.45) is 0.132. The minimum Gasteiger partial charge on any atom is -0.465 e. The van der Waals surface area contributed by atoms with Crippen LogP contribution in [0.4, 0.5) is 10.5 Å². The van der Waals surface area contributed by atoms with E-state index in [1.54, 1.807) is 24.3 Å². The van der Waals surface area contributed by atoms with Gasteiger partial charge < -0.3 is 21.1 Å². The van der Waals surface area contributed by atoms with Gasteiger partial charge in [-0.1, -0.05) is 0 Å². The number of carbonyl (C=O) groups excluding carboxylic acids is 2. The Morgan fingerprint density at radius 2 is 1.74 bits per heavy atom. The molecule has 2 rings (SSSR count). The zero-order valence-corrected chi connectivity index (χ0v) is 12.8. The lowest BCUT2D eigenvalue weighted by molar-refractivity contribution is -0.114. The number of benzene rings is 1. The first-order valence-corrected chi connectivity index (χ1v) is 7.32. The van der Waals surface area contributed by atoms with E-state index in [0.29, 0.717) is 18.4 Å². The van der Waals surface area contributed by atoms with Crippen LogP contribution in [0.5, 0.6) is 0 Å². The van der Waals surface area contributed by atoms with Crippen LogP contribution < -0.4 is 16.0 Å². The number of ketones is 1. The highest BCUT2D eigenvalue weighted by atomic mass is 16.4. The van der Waals surface area contributed by atoms with Gasteiger partial charge in [-0.05, 0) is 37.6 Å². The Morgan fingerprint density at radius 1 is 1.09 bits per heavy atom. The fraction of sp³-hybridized carbons (Fsp3) is 0.312. The summed E-state index contributed by atoms with van der Waals surface area (Å²) in [7, 11) is 0. The van der Waals surface area contributed by atoms with E-state index < -0.39 is 6.09 Å². The maximum absolute atomic E-state index is 11.9. The Morgan fingerprint density at radius 3 is 2.30 bits per heavy atom. The second kappa shape index (κ2) is 7.44. The zero-order chi connectivity index (χ0) is 16.8. The van der Waals surface area contributed by atoms with Gasteiger partial charge in [-0.3, -0.25) is 9.59 Å². The Kier molecular flexibility index (Phi) is 5.35. The van der Waals surface area contributed by atoms with Crippen molar-refractivity contribution in [2.45, 2.75) is 19.8 Å². The standard InChI is InChI=1S/C16H19N3O4/c1-10-13(6-7-14(10)20)19-12-4-2-11(3-5-12)15(21)17-8-9-18-16(22)23/h2-5,18-19H,6-9H2,1H3,(H,17,21)(H,22,23). The number of carbonyl (C=O) groups is 3. The van der Waals surface area contributed by atoms with Crippen molar-refractivity contribution >= 4 is 23.5 Å². The molecule has 0 radical (unpaired) electrons. The normalized spacial score (nSPS) is 13.9. The Labute approximate surface area is 133 Å². The highest BCUT2D eigenvalue weighted by Crippen LogP contribution is 2.24. The van der Waals surface area contributed by atoms with Crippen molar-refractivity contribution in [1.29, 1.82) is 0 Å². The molecule has 23 heavy (non-hydrogen) atoms. The third kappa shape index (κ3) is 4.57. The number of hydrogen-bond acceptors (Lipinski definition) is 4. The molecule has 0 aliphatic heterocycles. The molecule has 4 N–H and O–H groups in total. The van der Waals surface area contributed by atoms with E-state index in [1.165, 1.54) is 0 Å².